The molecule has 24 heavy (non-hydrogen) atoms. The second-order valence-corrected chi connectivity index (χ2v) is 6.85. The van der Waals surface area contributed by atoms with Gasteiger partial charge in [-0.25, -0.2) is 0 Å². The molecule has 1 atom stereocenters. The van der Waals surface area contributed by atoms with Gasteiger partial charge >= 0.3 is 0 Å². The number of rotatable bonds is 4. The number of hydrogen-bond donors (Lipinski definition) is 1. The second-order valence-electron chi connectivity index (χ2n) is 6.85. The Bertz CT molecular complexity index is 706. The summed E-state index contributed by atoms with van der Waals surface area (Å²) in [5, 5.41) is 0. The van der Waals surface area contributed by atoms with Gasteiger partial charge in [-0.05, 0) is 36.6 Å². The van der Waals surface area contributed by atoms with Crippen molar-refractivity contribution in [3.8, 4) is 11.5 Å². The van der Waals surface area contributed by atoms with Crippen LogP contribution in [0.5, 0.6) is 11.5 Å². The zero-order valence-corrected chi connectivity index (χ0v) is 14.1. The summed E-state index contributed by atoms with van der Waals surface area (Å²) in [5.41, 5.74) is 9.81. The Labute approximate surface area is 143 Å². The molecule has 2 aromatic rings. The normalized spacial score (nSPS) is 18.2. The largest absolute Gasteiger partial charge is 0.486 e. The van der Waals surface area contributed by atoms with Gasteiger partial charge < -0.3 is 20.1 Å². The first-order chi connectivity index (χ1) is 11.7. The van der Waals surface area contributed by atoms with Crippen LogP contribution in [0.25, 0.3) is 0 Å². The summed E-state index contributed by atoms with van der Waals surface area (Å²) in [6, 6.07) is 15.4. The first-order valence-corrected chi connectivity index (χ1v) is 8.68. The molecule has 0 aliphatic carbocycles. The Morgan fingerprint density at radius 1 is 1.04 bits per heavy atom. The second kappa shape index (κ2) is 6.36. The lowest BCUT2D eigenvalue weighted by atomic mass is 9.90. The molecule has 1 fully saturated rings. The Hall–Kier alpha value is -2.20. The van der Waals surface area contributed by atoms with Crippen molar-refractivity contribution in [2.45, 2.75) is 25.3 Å². The minimum atomic E-state index is 0.213. The van der Waals surface area contributed by atoms with Crippen LogP contribution in [0, 0.1) is 0 Å². The van der Waals surface area contributed by atoms with Gasteiger partial charge in [0.25, 0.3) is 0 Å². The fraction of sp³-hybridized carbons (Fsp3) is 0.400. The summed E-state index contributed by atoms with van der Waals surface area (Å²) in [6.45, 7) is 5.41. The molecule has 2 aliphatic heterocycles. The Morgan fingerprint density at radius 3 is 2.46 bits per heavy atom. The van der Waals surface area contributed by atoms with Crippen LogP contribution in [0.15, 0.2) is 42.5 Å². The van der Waals surface area contributed by atoms with Crippen molar-refractivity contribution in [1.82, 2.24) is 0 Å². The molecule has 0 radical (unpaired) electrons. The zero-order chi connectivity index (χ0) is 16.5. The molecule has 0 saturated carbocycles. The van der Waals surface area contributed by atoms with Gasteiger partial charge in [-0.3, -0.25) is 0 Å². The maximum atomic E-state index is 5.86. The Balaban J connectivity index is 1.39. The minimum absolute atomic E-state index is 0.213. The highest BCUT2D eigenvalue weighted by atomic mass is 16.6. The zero-order valence-electron chi connectivity index (χ0n) is 14.1. The Morgan fingerprint density at radius 2 is 1.75 bits per heavy atom. The fourth-order valence-corrected chi connectivity index (χ4v) is 3.43. The van der Waals surface area contributed by atoms with Crippen molar-refractivity contribution in [3.05, 3.63) is 53.6 Å². The molecule has 2 N–H and O–H groups in total. The van der Waals surface area contributed by atoms with E-state index in [1.165, 1.54) is 16.8 Å². The molecule has 0 bridgehead atoms. The van der Waals surface area contributed by atoms with Crippen molar-refractivity contribution in [3.63, 3.8) is 0 Å². The van der Waals surface area contributed by atoms with Gasteiger partial charge in [-0.15, -0.1) is 0 Å². The highest BCUT2D eigenvalue weighted by Gasteiger charge is 2.29. The number of hydrogen-bond acceptors (Lipinski definition) is 4. The van der Waals surface area contributed by atoms with Crippen LogP contribution < -0.4 is 20.1 Å². The third-order valence-electron chi connectivity index (χ3n) is 4.78. The number of ether oxygens (including phenoxy) is 2. The van der Waals surface area contributed by atoms with E-state index in [2.05, 4.69) is 41.3 Å². The quantitative estimate of drug-likeness (QED) is 0.939. The predicted molar refractivity (Wildman–Crippen MR) is 96.2 cm³/mol. The van der Waals surface area contributed by atoms with Crippen molar-refractivity contribution < 1.29 is 9.47 Å². The van der Waals surface area contributed by atoms with Crippen LogP contribution in [0.3, 0.4) is 0 Å². The predicted octanol–water partition coefficient (Wildman–Crippen LogP) is 2.95. The Kier molecular flexibility index (Phi) is 4.07. The average molecular weight is 324 g/mol. The first-order valence-electron chi connectivity index (χ1n) is 8.68. The summed E-state index contributed by atoms with van der Waals surface area (Å²) in [6.07, 6.45) is 0.939. The summed E-state index contributed by atoms with van der Waals surface area (Å²) in [4.78, 5) is 2.39. The van der Waals surface area contributed by atoms with Gasteiger partial charge in [0.2, 0.25) is 0 Å². The standard InChI is InChI=1S/C20H24N2O2/c1-14(21)10-15-2-4-16(5-3-15)17-12-22(13-17)18-6-7-19-20(11-18)24-9-8-23-19/h2-7,11,14,17H,8-10,12-13,21H2,1H3. The molecular formula is C20H24N2O2. The number of nitrogens with zero attached hydrogens (tertiary/aromatic N) is 1. The maximum Gasteiger partial charge on any atom is 0.163 e. The fourth-order valence-electron chi connectivity index (χ4n) is 3.43. The van der Waals surface area contributed by atoms with Crippen LogP contribution in [-0.2, 0) is 6.42 Å². The van der Waals surface area contributed by atoms with Crippen LogP contribution in [-0.4, -0.2) is 32.3 Å². The summed E-state index contributed by atoms with van der Waals surface area (Å²) in [5.74, 6) is 2.32. The van der Waals surface area contributed by atoms with E-state index in [9.17, 15) is 0 Å². The lowest BCUT2D eigenvalue weighted by molar-refractivity contribution is 0.171. The van der Waals surface area contributed by atoms with Crippen molar-refractivity contribution >= 4 is 5.69 Å². The first kappa shape index (κ1) is 15.3. The molecule has 4 nitrogen and oxygen atoms in total. The van der Waals surface area contributed by atoms with Gasteiger partial charge in [0.05, 0.1) is 0 Å². The van der Waals surface area contributed by atoms with Crippen molar-refractivity contribution in [2.24, 2.45) is 5.73 Å². The molecular weight excluding hydrogens is 300 g/mol. The van der Waals surface area contributed by atoms with Crippen LogP contribution in [0.1, 0.15) is 24.0 Å². The molecule has 126 valence electrons. The van der Waals surface area contributed by atoms with E-state index in [0.717, 1.165) is 31.0 Å². The SMILES string of the molecule is CC(N)Cc1ccc(C2CN(c3ccc4c(c3)OCCO4)C2)cc1. The van der Waals surface area contributed by atoms with E-state index in [-0.39, 0.29) is 6.04 Å². The number of nitrogens with two attached hydrogens (primary N) is 1. The topological polar surface area (TPSA) is 47.7 Å². The minimum Gasteiger partial charge on any atom is -0.486 e. The van der Waals surface area contributed by atoms with Gasteiger partial charge in [0, 0.05) is 36.8 Å². The van der Waals surface area contributed by atoms with E-state index in [1.807, 2.05) is 13.0 Å². The molecule has 0 amide bonds. The third-order valence-corrected chi connectivity index (χ3v) is 4.78. The monoisotopic (exact) mass is 324 g/mol. The van der Waals surface area contributed by atoms with Crippen LogP contribution in [0.2, 0.25) is 0 Å². The number of anilines is 1. The van der Waals surface area contributed by atoms with E-state index in [0.29, 0.717) is 19.1 Å². The number of fused-ring (bicyclic) bond motifs is 1. The molecule has 4 heteroatoms. The third kappa shape index (κ3) is 3.06. The highest BCUT2D eigenvalue weighted by Crippen LogP contribution is 2.38. The van der Waals surface area contributed by atoms with Crippen LogP contribution >= 0.6 is 0 Å². The van der Waals surface area contributed by atoms with Gasteiger partial charge in [-0.1, -0.05) is 24.3 Å². The molecule has 2 aliphatic rings. The molecule has 1 unspecified atom stereocenters. The smallest absolute Gasteiger partial charge is 0.163 e. The van der Waals surface area contributed by atoms with Crippen LogP contribution in [0.4, 0.5) is 5.69 Å². The maximum absolute atomic E-state index is 5.86. The van der Waals surface area contributed by atoms with E-state index in [4.69, 9.17) is 15.2 Å². The van der Waals surface area contributed by atoms with Gasteiger partial charge in [0.15, 0.2) is 11.5 Å². The molecule has 2 heterocycles. The molecule has 1 saturated heterocycles. The summed E-state index contributed by atoms with van der Waals surface area (Å²) >= 11 is 0. The molecule has 4 rings (SSSR count). The molecule has 0 spiro atoms. The average Bonchev–Trinajstić information content (AvgIpc) is 2.54. The lowest BCUT2D eigenvalue weighted by Gasteiger charge is -2.41. The summed E-state index contributed by atoms with van der Waals surface area (Å²) < 4.78 is 11.3. The highest BCUT2D eigenvalue weighted by molar-refractivity contribution is 5.59. The van der Waals surface area contributed by atoms with E-state index >= 15 is 0 Å². The molecule has 0 aromatic heterocycles. The van der Waals surface area contributed by atoms with Crippen molar-refractivity contribution in [1.29, 1.82) is 0 Å². The summed E-state index contributed by atoms with van der Waals surface area (Å²) in [7, 11) is 0. The van der Waals surface area contributed by atoms with Crippen molar-refractivity contribution in [2.75, 3.05) is 31.2 Å². The lowest BCUT2D eigenvalue weighted by Crippen LogP contribution is -2.45. The van der Waals surface area contributed by atoms with E-state index in [1.54, 1.807) is 0 Å². The molecule has 2 aromatic carbocycles. The van der Waals surface area contributed by atoms with Gasteiger partial charge in [0.1, 0.15) is 13.2 Å². The van der Waals surface area contributed by atoms with E-state index < -0.39 is 0 Å². The number of benzene rings is 2. The van der Waals surface area contributed by atoms with Gasteiger partial charge in [-0.2, -0.15) is 0 Å².